The van der Waals surface area contributed by atoms with Crippen LogP contribution in [0.1, 0.15) is 11.1 Å². The summed E-state index contributed by atoms with van der Waals surface area (Å²) in [5.74, 6) is 1.55. The molecule has 0 bridgehead atoms. The van der Waals surface area contributed by atoms with E-state index in [0.29, 0.717) is 39.9 Å². The maximum atomic E-state index is 10.2. The number of benzene rings is 2. The summed E-state index contributed by atoms with van der Waals surface area (Å²) in [5, 5.41) is 15.6. The number of aromatic nitrogens is 1. The van der Waals surface area contributed by atoms with E-state index >= 15 is 0 Å². The fourth-order valence-corrected chi connectivity index (χ4v) is 4.69. The van der Waals surface area contributed by atoms with Gasteiger partial charge in [-0.15, -0.1) is 11.3 Å². The Labute approximate surface area is 203 Å². The number of pyridine rings is 1. The molecule has 174 valence electrons. The molecule has 0 aliphatic heterocycles. The van der Waals surface area contributed by atoms with E-state index < -0.39 is 0 Å². The maximum absolute atomic E-state index is 10.2. The van der Waals surface area contributed by atoms with E-state index in [4.69, 9.17) is 19.2 Å². The zero-order valence-electron chi connectivity index (χ0n) is 19.8. The van der Waals surface area contributed by atoms with E-state index in [1.54, 1.807) is 21.3 Å². The topological polar surface area (TPSA) is 79.6 Å². The van der Waals surface area contributed by atoms with Gasteiger partial charge >= 0.3 is 0 Å². The third-order valence-electron chi connectivity index (χ3n) is 5.36. The zero-order valence-corrected chi connectivity index (χ0v) is 20.6. The van der Waals surface area contributed by atoms with E-state index in [-0.39, 0.29) is 0 Å². The normalized spacial score (nSPS) is 10.9. The smallest absolute Gasteiger partial charge is 0.203 e. The second-order valence-electron chi connectivity index (χ2n) is 7.93. The highest BCUT2D eigenvalue weighted by atomic mass is 32.1. The van der Waals surface area contributed by atoms with Crippen LogP contribution in [0.4, 0.5) is 11.4 Å². The number of thiophene rings is 1. The number of methoxy groups -OCH3 is 3. The highest BCUT2D eigenvalue weighted by Crippen LogP contribution is 2.43. The van der Waals surface area contributed by atoms with Gasteiger partial charge in [0.1, 0.15) is 11.6 Å². The third-order valence-corrected chi connectivity index (χ3v) is 6.28. The molecular weight excluding hydrogens is 448 g/mol. The largest absolute Gasteiger partial charge is 0.493 e. The average Bonchev–Trinajstić information content (AvgIpc) is 3.32. The van der Waals surface area contributed by atoms with Gasteiger partial charge in [-0.25, -0.2) is 4.98 Å². The number of fused-ring (bicyclic) bond motifs is 1. The number of nitrogens with one attached hydrogen (secondary N) is 1. The summed E-state index contributed by atoms with van der Waals surface area (Å²) >= 11 is 1.53. The SMILES string of the molecule is COc1cc(Nc2c(C#N)c(-c3ccc(CN(C)C)cc3)nc3ccsc23)cc(OC)c1OC. The first-order valence-corrected chi connectivity index (χ1v) is 11.5. The summed E-state index contributed by atoms with van der Waals surface area (Å²) in [7, 11) is 8.78. The van der Waals surface area contributed by atoms with Gasteiger partial charge in [0.15, 0.2) is 11.5 Å². The standard InChI is InChI=1S/C26H26N4O3S/c1-30(2)15-16-6-8-17(9-7-16)23-19(14-27)24(26-20(29-23)10-11-34-26)28-18-12-21(31-3)25(33-5)22(13-18)32-4/h6-13H,15H2,1-5H3,(H,28,29). The van der Waals surface area contributed by atoms with Crippen molar-refractivity contribution in [1.29, 1.82) is 5.26 Å². The van der Waals surface area contributed by atoms with Gasteiger partial charge < -0.3 is 24.4 Å². The van der Waals surface area contributed by atoms with Crippen LogP contribution < -0.4 is 19.5 Å². The summed E-state index contributed by atoms with van der Waals surface area (Å²) in [5.41, 5.74) is 5.43. The maximum Gasteiger partial charge on any atom is 0.203 e. The zero-order chi connectivity index (χ0) is 24.2. The molecule has 8 heteroatoms. The lowest BCUT2D eigenvalue weighted by molar-refractivity contribution is 0.324. The molecule has 0 fully saturated rings. The predicted molar refractivity (Wildman–Crippen MR) is 137 cm³/mol. The van der Waals surface area contributed by atoms with Gasteiger partial charge in [-0.2, -0.15) is 5.26 Å². The molecule has 0 spiro atoms. The van der Waals surface area contributed by atoms with Crippen LogP contribution in [0.2, 0.25) is 0 Å². The van der Waals surface area contributed by atoms with Crippen LogP contribution >= 0.6 is 11.3 Å². The predicted octanol–water partition coefficient (Wildman–Crippen LogP) is 5.67. The van der Waals surface area contributed by atoms with E-state index in [9.17, 15) is 5.26 Å². The summed E-state index contributed by atoms with van der Waals surface area (Å²) < 4.78 is 17.3. The number of rotatable bonds is 8. The van der Waals surface area contributed by atoms with Crippen LogP contribution in [0.25, 0.3) is 21.5 Å². The Morgan fingerprint density at radius 3 is 2.24 bits per heavy atom. The molecule has 34 heavy (non-hydrogen) atoms. The second kappa shape index (κ2) is 10.00. The van der Waals surface area contributed by atoms with Gasteiger partial charge in [-0.1, -0.05) is 24.3 Å². The van der Waals surface area contributed by atoms with Crippen LogP contribution in [0, 0.1) is 11.3 Å². The molecular formula is C26H26N4O3S. The van der Waals surface area contributed by atoms with Crippen molar-refractivity contribution in [3.63, 3.8) is 0 Å². The van der Waals surface area contributed by atoms with Gasteiger partial charge in [0, 0.05) is 29.9 Å². The molecule has 4 rings (SSSR count). The van der Waals surface area contributed by atoms with Crippen molar-refractivity contribution in [2.45, 2.75) is 6.54 Å². The highest BCUT2D eigenvalue weighted by molar-refractivity contribution is 7.17. The second-order valence-corrected chi connectivity index (χ2v) is 8.85. The summed E-state index contributed by atoms with van der Waals surface area (Å²) in [6, 6.07) is 16.2. The van der Waals surface area contributed by atoms with Crippen LogP contribution in [-0.2, 0) is 6.54 Å². The van der Waals surface area contributed by atoms with Crippen molar-refractivity contribution >= 4 is 32.9 Å². The molecule has 0 amide bonds. The van der Waals surface area contributed by atoms with E-state index in [0.717, 1.165) is 22.3 Å². The number of hydrogen-bond acceptors (Lipinski definition) is 8. The summed E-state index contributed by atoms with van der Waals surface area (Å²) in [6.07, 6.45) is 0. The third kappa shape index (κ3) is 4.49. The van der Waals surface area contributed by atoms with Gasteiger partial charge in [0.2, 0.25) is 5.75 Å². The Bertz CT molecular complexity index is 1330. The van der Waals surface area contributed by atoms with Crippen molar-refractivity contribution in [1.82, 2.24) is 9.88 Å². The molecule has 4 aromatic rings. The average molecular weight is 475 g/mol. The first-order valence-electron chi connectivity index (χ1n) is 10.6. The molecule has 2 heterocycles. The Hall–Kier alpha value is -3.80. The quantitative estimate of drug-likeness (QED) is 0.353. The molecule has 2 aromatic carbocycles. The summed E-state index contributed by atoms with van der Waals surface area (Å²) in [6.45, 7) is 0.844. The molecule has 0 unspecified atom stereocenters. The Balaban J connectivity index is 1.84. The lowest BCUT2D eigenvalue weighted by atomic mass is 10.0. The van der Waals surface area contributed by atoms with E-state index in [1.165, 1.54) is 16.9 Å². The molecule has 2 aromatic heterocycles. The van der Waals surface area contributed by atoms with Crippen LogP contribution in [0.5, 0.6) is 17.2 Å². The fourth-order valence-electron chi connectivity index (χ4n) is 3.85. The van der Waals surface area contributed by atoms with Crippen LogP contribution in [0.3, 0.4) is 0 Å². The van der Waals surface area contributed by atoms with Gasteiger partial charge in [-0.05, 0) is 31.1 Å². The van der Waals surface area contributed by atoms with Gasteiger partial charge in [0.25, 0.3) is 0 Å². The monoisotopic (exact) mass is 474 g/mol. The van der Waals surface area contributed by atoms with Gasteiger partial charge in [-0.3, -0.25) is 0 Å². The number of nitriles is 1. The Kier molecular flexibility index (Phi) is 6.87. The van der Waals surface area contributed by atoms with Crippen LogP contribution in [0.15, 0.2) is 47.8 Å². The van der Waals surface area contributed by atoms with E-state index in [2.05, 4.69) is 28.4 Å². The first-order chi connectivity index (χ1) is 16.5. The van der Waals surface area contributed by atoms with Crippen molar-refractivity contribution in [2.24, 2.45) is 0 Å². The Morgan fingerprint density at radius 1 is 1.00 bits per heavy atom. The lowest BCUT2D eigenvalue weighted by Crippen LogP contribution is -2.10. The molecule has 0 aliphatic carbocycles. The number of ether oxygens (including phenoxy) is 3. The first kappa shape index (κ1) is 23.4. The van der Waals surface area contributed by atoms with Gasteiger partial charge in [0.05, 0.1) is 42.9 Å². The highest BCUT2D eigenvalue weighted by Gasteiger charge is 2.20. The number of hydrogen-bond donors (Lipinski definition) is 1. The minimum atomic E-state index is 0.476. The molecule has 0 atom stereocenters. The van der Waals surface area contributed by atoms with Crippen molar-refractivity contribution in [3.8, 4) is 34.6 Å². The Morgan fingerprint density at radius 2 is 1.68 bits per heavy atom. The number of anilines is 2. The van der Waals surface area contributed by atoms with Crippen molar-refractivity contribution in [2.75, 3.05) is 40.7 Å². The fraction of sp³-hybridized carbons (Fsp3) is 0.231. The molecule has 0 aliphatic rings. The molecule has 7 nitrogen and oxygen atoms in total. The van der Waals surface area contributed by atoms with Crippen molar-refractivity contribution in [3.05, 3.63) is 59.0 Å². The number of nitrogens with zero attached hydrogens (tertiary/aromatic N) is 3. The summed E-state index contributed by atoms with van der Waals surface area (Å²) in [4.78, 5) is 6.95. The lowest BCUT2D eigenvalue weighted by Gasteiger charge is -2.17. The minimum Gasteiger partial charge on any atom is -0.493 e. The minimum absolute atomic E-state index is 0.476. The van der Waals surface area contributed by atoms with Crippen LogP contribution in [-0.4, -0.2) is 45.3 Å². The molecule has 0 radical (unpaired) electrons. The molecule has 0 saturated heterocycles. The molecule has 0 saturated carbocycles. The van der Waals surface area contributed by atoms with Crippen molar-refractivity contribution < 1.29 is 14.2 Å². The van der Waals surface area contributed by atoms with E-state index in [1.807, 2.05) is 49.8 Å². The molecule has 1 N–H and O–H groups in total.